The minimum atomic E-state index is -3.36. The smallest absolute Gasteiger partial charge is 0.257 e. The molecule has 0 unspecified atom stereocenters. The van der Waals surface area contributed by atoms with Crippen LogP contribution in [-0.4, -0.2) is 24.6 Å². The Morgan fingerprint density at radius 2 is 1.67 bits per heavy atom. The van der Waals surface area contributed by atoms with Crippen LogP contribution in [0.5, 0.6) is 0 Å². The van der Waals surface area contributed by atoms with Crippen LogP contribution in [-0.2, 0) is 9.84 Å². The lowest BCUT2D eigenvalue weighted by Gasteiger charge is -2.08. The van der Waals surface area contributed by atoms with Crippen LogP contribution in [0.2, 0.25) is 0 Å². The van der Waals surface area contributed by atoms with Crippen molar-refractivity contribution in [2.75, 3.05) is 5.32 Å². The Morgan fingerprint density at radius 1 is 0.967 bits per heavy atom. The fraction of sp³-hybridized carbons (Fsp3) is 0.130. The zero-order valence-electron chi connectivity index (χ0n) is 16.5. The summed E-state index contributed by atoms with van der Waals surface area (Å²) < 4.78 is 24.4. The molecule has 0 aliphatic carbocycles. The Labute approximate surface area is 179 Å². The summed E-state index contributed by atoms with van der Waals surface area (Å²) in [4.78, 5) is 17.3. The minimum Gasteiger partial charge on any atom is -0.298 e. The van der Waals surface area contributed by atoms with Gasteiger partial charge in [0.15, 0.2) is 15.0 Å². The van der Waals surface area contributed by atoms with Crippen molar-refractivity contribution >= 4 is 43.0 Å². The Hall–Kier alpha value is -3.03. The first kappa shape index (κ1) is 20.3. The summed E-state index contributed by atoms with van der Waals surface area (Å²) in [5.74, 6) is -0.331. The zero-order chi connectivity index (χ0) is 21.3. The van der Waals surface area contributed by atoms with Crippen LogP contribution in [0, 0.1) is 0 Å². The van der Waals surface area contributed by atoms with Crippen molar-refractivity contribution in [1.82, 2.24) is 4.98 Å². The summed E-state index contributed by atoms with van der Waals surface area (Å²) in [7, 11) is -3.36. The number of sulfone groups is 1. The monoisotopic (exact) mass is 436 g/mol. The van der Waals surface area contributed by atoms with Crippen LogP contribution >= 0.6 is 11.3 Å². The van der Waals surface area contributed by atoms with Gasteiger partial charge in [-0.1, -0.05) is 36.4 Å². The maximum absolute atomic E-state index is 12.5. The molecule has 0 fully saturated rings. The molecular weight excluding hydrogens is 416 g/mol. The van der Waals surface area contributed by atoms with E-state index in [9.17, 15) is 13.2 Å². The molecule has 5 nitrogen and oxygen atoms in total. The van der Waals surface area contributed by atoms with Gasteiger partial charge in [0.05, 0.1) is 15.8 Å². The van der Waals surface area contributed by atoms with Gasteiger partial charge < -0.3 is 0 Å². The van der Waals surface area contributed by atoms with E-state index < -0.39 is 15.1 Å². The molecule has 3 aromatic carbocycles. The Kier molecular flexibility index (Phi) is 5.40. The van der Waals surface area contributed by atoms with Gasteiger partial charge in [0.1, 0.15) is 0 Å². The second-order valence-electron chi connectivity index (χ2n) is 7.17. The number of rotatable bonds is 5. The molecule has 0 aliphatic heterocycles. The number of amides is 1. The molecule has 4 rings (SSSR count). The summed E-state index contributed by atoms with van der Waals surface area (Å²) in [6, 6.07) is 20.2. The molecular formula is C23H20N2O3S2. The number of aromatic nitrogens is 1. The maximum atomic E-state index is 12.5. The van der Waals surface area contributed by atoms with E-state index in [4.69, 9.17) is 0 Å². The molecule has 0 saturated heterocycles. The molecule has 4 aromatic rings. The highest BCUT2D eigenvalue weighted by Crippen LogP contribution is 2.28. The maximum Gasteiger partial charge on any atom is 0.257 e. The van der Waals surface area contributed by atoms with E-state index in [1.807, 2.05) is 23.6 Å². The van der Waals surface area contributed by atoms with Crippen molar-refractivity contribution in [1.29, 1.82) is 0 Å². The Bertz CT molecular complexity index is 1320. The van der Waals surface area contributed by atoms with Crippen LogP contribution in [0.4, 0.5) is 5.13 Å². The number of nitrogens with one attached hydrogen (secondary N) is 1. The zero-order valence-corrected chi connectivity index (χ0v) is 18.1. The molecule has 152 valence electrons. The SMILES string of the molecule is CC(C)S(=O)(=O)c1ccc(C(=O)Nc2nc(-c3ccc4ccccc4c3)cs2)cc1. The Balaban J connectivity index is 1.51. The Morgan fingerprint density at radius 3 is 2.37 bits per heavy atom. The third-order valence-corrected chi connectivity index (χ3v) is 7.76. The van der Waals surface area contributed by atoms with Gasteiger partial charge in [0.2, 0.25) is 0 Å². The highest BCUT2D eigenvalue weighted by atomic mass is 32.2. The van der Waals surface area contributed by atoms with Gasteiger partial charge in [-0.05, 0) is 55.0 Å². The van der Waals surface area contributed by atoms with Crippen LogP contribution in [0.1, 0.15) is 24.2 Å². The first-order valence-electron chi connectivity index (χ1n) is 9.44. The predicted octanol–water partition coefficient (Wildman–Crippen LogP) is 5.40. The average Bonchev–Trinajstić information content (AvgIpc) is 3.21. The van der Waals surface area contributed by atoms with Crippen molar-refractivity contribution in [2.45, 2.75) is 24.0 Å². The molecule has 0 radical (unpaired) electrons. The van der Waals surface area contributed by atoms with Crippen LogP contribution in [0.15, 0.2) is 77.0 Å². The van der Waals surface area contributed by atoms with Gasteiger partial charge in [-0.25, -0.2) is 13.4 Å². The van der Waals surface area contributed by atoms with Gasteiger partial charge in [-0.2, -0.15) is 0 Å². The number of benzene rings is 3. The second-order valence-corrected chi connectivity index (χ2v) is 10.5. The van der Waals surface area contributed by atoms with E-state index in [1.54, 1.807) is 13.8 Å². The van der Waals surface area contributed by atoms with Crippen LogP contribution in [0.3, 0.4) is 0 Å². The van der Waals surface area contributed by atoms with E-state index in [2.05, 4.69) is 34.6 Å². The summed E-state index contributed by atoms with van der Waals surface area (Å²) in [5, 5.41) is 6.95. The highest BCUT2D eigenvalue weighted by molar-refractivity contribution is 7.92. The largest absolute Gasteiger partial charge is 0.298 e. The van der Waals surface area contributed by atoms with E-state index in [0.29, 0.717) is 10.7 Å². The lowest BCUT2D eigenvalue weighted by Crippen LogP contribution is -2.15. The average molecular weight is 437 g/mol. The molecule has 1 heterocycles. The number of nitrogens with zero attached hydrogens (tertiary/aromatic N) is 1. The van der Waals surface area contributed by atoms with E-state index in [-0.39, 0.29) is 10.8 Å². The summed E-state index contributed by atoms with van der Waals surface area (Å²) >= 11 is 1.35. The predicted molar refractivity (Wildman–Crippen MR) is 122 cm³/mol. The third-order valence-electron chi connectivity index (χ3n) is 4.84. The minimum absolute atomic E-state index is 0.210. The van der Waals surface area contributed by atoms with E-state index >= 15 is 0 Å². The van der Waals surface area contributed by atoms with Crippen molar-refractivity contribution in [3.8, 4) is 11.3 Å². The number of hydrogen-bond donors (Lipinski definition) is 1. The van der Waals surface area contributed by atoms with Crippen LogP contribution < -0.4 is 5.32 Å². The summed E-state index contributed by atoms with van der Waals surface area (Å²) in [6.45, 7) is 3.26. The van der Waals surface area contributed by atoms with Crippen molar-refractivity contribution in [3.63, 3.8) is 0 Å². The van der Waals surface area contributed by atoms with Crippen molar-refractivity contribution in [2.24, 2.45) is 0 Å². The molecule has 0 bridgehead atoms. The van der Waals surface area contributed by atoms with Gasteiger partial charge in [-0.15, -0.1) is 11.3 Å². The number of anilines is 1. The molecule has 1 amide bonds. The first-order valence-corrected chi connectivity index (χ1v) is 11.9. The van der Waals surface area contributed by atoms with Gasteiger partial charge in [-0.3, -0.25) is 10.1 Å². The molecule has 0 atom stereocenters. The number of carbonyl (C=O) groups is 1. The molecule has 1 N–H and O–H groups in total. The number of carbonyl (C=O) groups excluding carboxylic acids is 1. The standard InChI is InChI=1S/C23H20N2O3S2/c1-15(2)30(27,28)20-11-9-17(10-12-20)22(26)25-23-24-21(14-29-23)19-8-7-16-5-3-4-6-18(16)13-19/h3-15H,1-2H3,(H,24,25,26). The van der Waals surface area contributed by atoms with Gasteiger partial charge in [0.25, 0.3) is 5.91 Å². The van der Waals surface area contributed by atoms with E-state index in [1.165, 1.54) is 35.6 Å². The van der Waals surface area contributed by atoms with Gasteiger partial charge >= 0.3 is 0 Å². The second kappa shape index (κ2) is 8.01. The molecule has 0 spiro atoms. The summed E-state index contributed by atoms with van der Waals surface area (Å²) in [6.07, 6.45) is 0. The van der Waals surface area contributed by atoms with E-state index in [0.717, 1.165) is 22.0 Å². The third kappa shape index (κ3) is 3.99. The topological polar surface area (TPSA) is 76.1 Å². The lowest BCUT2D eigenvalue weighted by atomic mass is 10.1. The number of thiazole rings is 1. The highest BCUT2D eigenvalue weighted by Gasteiger charge is 2.19. The molecule has 0 saturated carbocycles. The van der Waals surface area contributed by atoms with Crippen molar-refractivity contribution in [3.05, 3.63) is 77.7 Å². The molecule has 30 heavy (non-hydrogen) atoms. The van der Waals surface area contributed by atoms with Gasteiger partial charge in [0, 0.05) is 16.5 Å². The fourth-order valence-corrected chi connectivity index (χ4v) is 4.82. The number of hydrogen-bond acceptors (Lipinski definition) is 5. The fourth-order valence-electron chi connectivity index (χ4n) is 3.05. The quantitative estimate of drug-likeness (QED) is 0.455. The molecule has 0 aliphatic rings. The molecule has 1 aromatic heterocycles. The lowest BCUT2D eigenvalue weighted by molar-refractivity contribution is 0.102. The normalized spacial score (nSPS) is 11.7. The first-order chi connectivity index (χ1) is 14.3. The van der Waals surface area contributed by atoms with Crippen LogP contribution in [0.25, 0.3) is 22.0 Å². The number of fused-ring (bicyclic) bond motifs is 1. The van der Waals surface area contributed by atoms with Crippen molar-refractivity contribution < 1.29 is 13.2 Å². The molecule has 7 heteroatoms. The summed E-state index contributed by atoms with van der Waals surface area (Å²) in [5.41, 5.74) is 2.15.